The molecule has 1 heterocycles. The van der Waals surface area contributed by atoms with Crippen molar-refractivity contribution in [2.24, 2.45) is 5.92 Å². The van der Waals surface area contributed by atoms with Gasteiger partial charge in [0.25, 0.3) is 0 Å². The molecule has 2 atom stereocenters. The highest BCUT2D eigenvalue weighted by atomic mass is 35.5. The summed E-state index contributed by atoms with van der Waals surface area (Å²) in [4.78, 5) is 14.8. The number of rotatable bonds is 7. The summed E-state index contributed by atoms with van der Waals surface area (Å²) in [5.74, 6) is 0.431. The van der Waals surface area contributed by atoms with Crippen molar-refractivity contribution >= 4 is 23.2 Å². The Morgan fingerprint density at radius 2 is 2.00 bits per heavy atom. The molecule has 2 unspecified atom stereocenters. The highest BCUT2D eigenvalue weighted by molar-refractivity contribution is 6.32. The number of nitrogens with one attached hydrogen (secondary N) is 3. The molecule has 0 bridgehead atoms. The summed E-state index contributed by atoms with van der Waals surface area (Å²) >= 11 is 6.31. The van der Waals surface area contributed by atoms with Crippen molar-refractivity contribution in [3.05, 3.63) is 58.6 Å². The fourth-order valence-electron chi connectivity index (χ4n) is 3.27. The topological polar surface area (TPSA) is 65.6 Å². The largest absolute Gasteiger partial charge is 0.492 e. The van der Waals surface area contributed by atoms with Gasteiger partial charge in [-0.15, -0.1) is 0 Å². The molecule has 0 radical (unpaired) electrons. The van der Waals surface area contributed by atoms with E-state index in [0.29, 0.717) is 30.5 Å². The van der Waals surface area contributed by atoms with Crippen molar-refractivity contribution in [2.75, 3.05) is 32.1 Å². The van der Waals surface area contributed by atoms with Gasteiger partial charge in [0, 0.05) is 32.9 Å². The monoisotopic (exact) mass is 402 g/mol. The third kappa shape index (κ3) is 4.76. The molecule has 28 heavy (non-hydrogen) atoms. The van der Waals surface area contributed by atoms with Crippen LogP contribution in [0.3, 0.4) is 0 Å². The predicted octanol–water partition coefficient (Wildman–Crippen LogP) is 2.89. The predicted molar refractivity (Wildman–Crippen MR) is 113 cm³/mol. The summed E-state index contributed by atoms with van der Waals surface area (Å²) in [6, 6.07) is 13.7. The first-order valence-electron chi connectivity index (χ1n) is 9.44. The second-order valence-corrected chi connectivity index (χ2v) is 7.42. The zero-order chi connectivity index (χ0) is 20.1. The van der Waals surface area contributed by atoms with Gasteiger partial charge in [-0.2, -0.15) is 0 Å². The summed E-state index contributed by atoms with van der Waals surface area (Å²) < 4.78 is 5.49. The smallest absolute Gasteiger partial charge is 0.226 e. The average Bonchev–Trinajstić information content (AvgIpc) is 3.18. The van der Waals surface area contributed by atoms with E-state index in [9.17, 15) is 4.79 Å². The summed E-state index contributed by atoms with van der Waals surface area (Å²) in [5.41, 5.74) is 9.43. The molecule has 1 fully saturated rings. The molecular formula is C21H27ClN4O2. The number of carbonyl (C=O) groups excluding carboxylic acids is 1. The first-order valence-corrected chi connectivity index (χ1v) is 9.82. The molecule has 3 rings (SSSR count). The number of anilines is 1. The second-order valence-electron chi connectivity index (χ2n) is 7.01. The molecule has 7 heteroatoms. The summed E-state index contributed by atoms with van der Waals surface area (Å²) in [5, 5.41) is 3.59. The van der Waals surface area contributed by atoms with E-state index in [0.717, 1.165) is 16.8 Å². The van der Waals surface area contributed by atoms with E-state index in [1.165, 1.54) is 0 Å². The minimum absolute atomic E-state index is 0.00388. The normalized spacial score (nSPS) is 18.7. The van der Waals surface area contributed by atoms with Crippen molar-refractivity contribution < 1.29 is 9.53 Å². The van der Waals surface area contributed by atoms with E-state index < -0.39 is 0 Å². The number of amides is 1. The number of nitrogens with zero attached hydrogens (tertiary/aromatic N) is 1. The molecule has 1 aliphatic rings. The number of hydrogen-bond donors (Lipinski definition) is 3. The number of carbonyl (C=O) groups is 1. The molecule has 2 aromatic rings. The van der Waals surface area contributed by atoms with Gasteiger partial charge in [0.2, 0.25) is 5.91 Å². The van der Waals surface area contributed by atoms with Crippen LogP contribution in [0.25, 0.3) is 0 Å². The van der Waals surface area contributed by atoms with Crippen molar-refractivity contribution in [3.63, 3.8) is 0 Å². The first kappa shape index (κ1) is 20.5. The molecule has 150 valence electrons. The lowest BCUT2D eigenvalue weighted by atomic mass is 9.94. The summed E-state index contributed by atoms with van der Waals surface area (Å²) in [6.45, 7) is 3.53. The van der Waals surface area contributed by atoms with E-state index in [-0.39, 0.29) is 17.9 Å². The van der Waals surface area contributed by atoms with Crippen LogP contribution in [-0.4, -0.2) is 33.2 Å². The Morgan fingerprint density at radius 1 is 1.25 bits per heavy atom. The minimum atomic E-state index is -0.227. The third-order valence-electron chi connectivity index (χ3n) is 4.85. The number of hydrazine groups is 1. The van der Waals surface area contributed by atoms with Crippen LogP contribution in [0.1, 0.15) is 24.1 Å². The molecule has 0 aliphatic carbocycles. The van der Waals surface area contributed by atoms with Gasteiger partial charge < -0.3 is 15.0 Å². The number of benzene rings is 2. The standard InChI is InChI=1S/C21H27ClN4O2/c1-4-28-19-10-7-15(11-18(19)22)20-17(13-24-25-20)21(27)23-12-14-5-8-16(9-6-14)26(2)3/h5-11,17,20,24-25H,4,12-13H2,1-3H3,(H,23,27). The fraction of sp³-hybridized carbons (Fsp3) is 0.381. The lowest BCUT2D eigenvalue weighted by molar-refractivity contribution is -0.125. The van der Waals surface area contributed by atoms with Crippen LogP contribution in [0.5, 0.6) is 5.75 Å². The van der Waals surface area contributed by atoms with E-state index in [1.54, 1.807) is 0 Å². The molecule has 6 nitrogen and oxygen atoms in total. The van der Waals surface area contributed by atoms with Crippen molar-refractivity contribution in [1.29, 1.82) is 0 Å². The molecule has 0 saturated carbocycles. The van der Waals surface area contributed by atoms with E-state index >= 15 is 0 Å². The maximum Gasteiger partial charge on any atom is 0.226 e. The minimum Gasteiger partial charge on any atom is -0.492 e. The lowest BCUT2D eigenvalue weighted by Gasteiger charge is -2.19. The van der Waals surface area contributed by atoms with Gasteiger partial charge >= 0.3 is 0 Å². The van der Waals surface area contributed by atoms with Crippen LogP contribution in [0.2, 0.25) is 5.02 Å². The van der Waals surface area contributed by atoms with Crippen LogP contribution in [0.15, 0.2) is 42.5 Å². The van der Waals surface area contributed by atoms with Crippen LogP contribution < -0.4 is 25.8 Å². The van der Waals surface area contributed by atoms with E-state index in [4.69, 9.17) is 16.3 Å². The van der Waals surface area contributed by atoms with Crippen LogP contribution >= 0.6 is 11.6 Å². The van der Waals surface area contributed by atoms with Crippen molar-refractivity contribution in [2.45, 2.75) is 19.5 Å². The maximum absolute atomic E-state index is 12.8. The number of hydrogen-bond acceptors (Lipinski definition) is 5. The van der Waals surface area contributed by atoms with Crippen molar-refractivity contribution in [3.8, 4) is 5.75 Å². The molecule has 2 aromatic carbocycles. The van der Waals surface area contributed by atoms with Gasteiger partial charge in [-0.3, -0.25) is 10.2 Å². The van der Waals surface area contributed by atoms with Crippen molar-refractivity contribution in [1.82, 2.24) is 16.2 Å². The summed E-state index contributed by atoms with van der Waals surface area (Å²) in [6.07, 6.45) is 0. The number of halogens is 1. The highest BCUT2D eigenvalue weighted by Crippen LogP contribution is 2.32. The Balaban J connectivity index is 1.63. The third-order valence-corrected chi connectivity index (χ3v) is 5.15. The maximum atomic E-state index is 12.8. The van der Waals surface area contributed by atoms with Gasteiger partial charge in [0.1, 0.15) is 5.75 Å². The van der Waals surface area contributed by atoms with Gasteiger partial charge in [-0.25, -0.2) is 5.43 Å². The zero-order valence-electron chi connectivity index (χ0n) is 16.5. The Labute approximate surface area is 171 Å². The van der Waals surface area contributed by atoms with Crippen LogP contribution in [-0.2, 0) is 11.3 Å². The molecule has 0 spiro atoms. The zero-order valence-corrected chi connectivity index (χ0v) is 17.2. The van der Waals surface area contributed by atoms with Crippen LogP contribution in [0, 0.1) is 5.92 Å². The van der Waals surface area contributed by atoms with Gasteiger partial charge in [0.05, 0.1) is 23.6 Å². The SMILES string of the molecule is CCOc1ccc(C2NNCC2C(=O)NCc2ccc(N(C)C)cc2)cc1Cl. The molecule has 0 aromatic heterocycles. The fourth-order valence-corrected chi connectivity index (χ4v) is 3.52. The van der Waals surface area contributed by atoms with Gasteiger partial charge in [0.15, 0.2) is 0 Å². The molecule has 1 saturated heterocycles. The first-order chi connectivity index (χ1) is 13.5. The Bertz CT molecular complexity index is 811. The van der Waals surface area contributed by atoms with Gasteiger partial charge in [-0.05, 0) is 42.3 Å². The Kier molecular flexibility index (Phi) is 6.78. The molecule has 1 amide bonds. The average molecular weight is 403 g/mol. The Hall–Kier alpha value is -2.28. The van der Waals surface area contributed by atoms with E-state index in [2.05, 4.69) is 16.2 Å². The summed E-state index contributed by atoms with van der Waals surface area (Å²) in [7, 11) is 4.01. The van der Waals surface area contributed by atoms with Crippen LogP contribution in [0.4, 0.5) is 5.69 Å². The second kappa shape index (κ2) is 9.28. The van der Waals surface area contributed by atoms with E-state index in [1.807, 2.05) is 68.4 Å². The molecule has 1 aliphatic heterocycles. The molecular weight excluding hydrogens is 376 g/mol. The highest BCUT2D eigenvalue weighted by Gasteiger charge is 2.34. The van der Waals surface area contributed by atoms with Gasteiger partial charge in [-0.1, -0.05) is 29.8 Å². The quantitative estimate of drug-likeness (QED) is 0.664. The molecule has 3 N–H and O–H groups in total. The lowest BCUT2D eigenvalue weighted by Crippen LogP contribution is -2.34. The Morgan fingerprint density at radius 3 is 2.64 bits per heavy atom. The number of ether oxygens (including phenoxy) is 1.